The first kappa shape index (κ1) is 86.4. The summed E-state index contributed by atoms with van der Waals surface area (Å²) < 4.78 is 31.9. The number of aryl methyl sites for hydroxylation is 2. The minimum absolute atomic E-state index is 0. The summed E-state index contributed by atoms with van der Waals surface area (Å²) in [6.07, 6.45) is -4.79. The van der Waals surface area contributed by atoms with Crippen LogP contribution in [0.2, 0.25) is 0 Å². The molecule has 1 aromatic carbocycles. The second-order valence-electron chi connectivity index (χ2n) is 28.7. The van der Waals surface area contributed by atoms with Crippen LogP contribution in [0.5, 0.6) is 0 Å². The number of aliphatic hydroxyl groups excluding tert-OH is 2. The summed E-state index contributed by atoms with van der Waals surface area (Å²) in [6.45, 7) is 20.2. The summed E-state index contributed by atoms with van der Waals surface area (Å²) >= 11 is 4.43. The number of carboxylic acid groups (broad SMARTS) is 1. The Morgan fingerprint density at radius 2 is 1.38 bits per heavy atom. The predicted molar refractivity (Wildman–Crippen MR) is 366 cm³/mol. The van der Waals surface area contributed by atoms with E-state index < -0.39 is 161 Å². The van der Waals surface area contributed by atoms with Gasteiger partial charge in [0.25, 0.3) is 7.82 Å². The van der Waals surface area contributed by atoms with E-state index in [0.717, 1.165) is 11.1 Å². The number of aromatic nitrogens is 2. The minimum Gasteiger partial charge on any atom is -0.790 e. The fourth-order valence-corrected chi connectivity index (χ4v) is 17.1. The van der Waals surface area contributed by atoms with Crippen LogP contribution in [0, 0.1) is 59.2 Å². The molecule has 0 radical (unpaired) electrons. The summed E-state index contributed by atoms with van der Waals surface area (Å²) in [5, 5.41) is 42.3. The molecule has 35 heteroatoms. The molecule has 1 aromatic heterocycles. The van der Waals surface area contributed by atoms with Gasteiger partial charge in [-0.1, -0.05) is 40.7 Å². The molecule has 2 saturated heterocycles. The number of primary amides is 6. The van der Waals surface area contributed by atoms with E-state index in [1.165, 1.54) is 24.7 Å². The number of amides is 8. The SMILES string of the molecule is C/C1=C2/[N-][C@H]([C@H](CC(N)=O)[C@@]2(C)CCC(=O)NC[C@@H](C)OP(=O)([O-])O[C@H]2[C@@H](O)[C@@H](n3cnc4cc(C)c(C)cc43)O[C@@H]2CO)[C@]2(C)N=C(/C(C)=C3N=C(/C=C4N=C1[C@@H](CCC(N)=O)C\4(C)C)[C@@H](CCC(N)=O)[C@]\3(C)CC(N)=O)[C@@H](CCC(N)=O)[C@]2(C)CC(N)=O.CC(=O)N[C@@H](C[S-])C(=O)[O-].[Co+3].[Na+]. The monoisotopic (exact) mass is 1510 g/mol. The first-order valence-electron chi connectivity index (χ1n) is 33.1. The maximum absolute atomic E-state index is 14.4. The third-order valence-electron chi connectivity index (χ3n) is 21.3. The number of nitrogens with two attached hydrogens (primary N) is 6. The van der Waals surface area contributed by atoms with Crippen LogP contribution in [0.3, 0.4) is 0 Å². The molecule has 0 saturated carbocycles. The Labute approximate surface area is 630 Å². The van der Waals surface area contributed by atoms with Crippen LogP contribution in [-0.4, -0.2) is 151 Å². The molecule has 1 unspecified atom stereocenters. The van der Waals surface area contributed by atoms with E-state index in [0.29, 0.717) is 56.4 Å². The number of aliphatic carboxylic acids is 1. The van der Waals surface area contributed by atoms with Crippen molar-refractivity contribution in [3.63, 3.8) is 0 Å². The molecular formula is C67H95CoN14NaO17PS. The van der Waals surface area contributed by atoms with Crippen LogP contribution in [0.4, 0.5) is 0 Å². The van der Waals surface area contributed by atoms with Crippen molar-refractivity contribution >= 4 is 102 Å². The van der Waals surface area contributed by atoms with Gasteiger partial charge in [0, 0.05) is 121 Å². The van der Waals surface area contributed by atoms with Crippen LogP contribution in [-0.2, 0) is 90.9 Å². The van der Waals surface area contributed by atoms with Crippen LogP contribution in [0.15, 0.2) is 67.8 Å². The van der Waals surface area contributed by atoms with Crippen molar-refractivity contribution in [2.24, 2.45) is 94.7 Å². The van der Waals surface area contributed by atoms with Gasteiger partial charge in [0.05, 0.1) is 47.3 Å². The Morgan fingerprint density at radius 1 is 0.804 bits per heavy atom. The summed E-state index contributed by atoms with van der Waals surface area (Å²) in [7, 11) is -5.32. The van der Waals surface area contributed by atoms with Gasteiger partial charge in [-0.05, 0) is 119 Å². The van der Waals surface area contributed by atoms with Crippen molar-refractivity contribution in [3.05, 3.63) is 69.2 Å². The summed E-state index contributed by atoms with van der Waals surface area (Å²) in [5.41, 5.74) is 36.7. The topological polar surface area (TPSA) is 534 Å². The number of fused-ring (bicyclic) bond motifs is 7. The molecule has 8 bridgehead atoms. The Bertz CT molecular complexity index is 3880. The maximum Gasteiger partial charge on any atom is 3.00 e. The van der Waals surface area contributed by atoms with E-state index in [2.05, 4.69) is 28.2 Å². The molecule has 556 valence electrons. The number of nitrogens with one attached hydrogen (secondary N) is 2. The van der Waals surface area contributed by atoms with Crippen LogP contribution in [0.25, 0.3) is 16.4 Å². The van der Waals surface area contributed by atoms with Gasteiger partial charge < -0.3 is 106 Å². The number of allylic oxidation sites excluding steroid dienone is 6. The fraction of sp³-hybridized carbons (Fsp3) is 0.627. The van der Waals surface area contributed by atoms with Crippen molar-refractivity contribution in [2.75, 3.05) is 18.9 Å². The van der Waals surface area contributed by atoms with Crippen molar-refractivity contribution in [2.45, 2.75) is 202 Å². The minimum atomic E-state index is -5.32. The van der Waals surface area contributed by atoms with Gasteiger partial charge in [-0.2, -0.15) is 11.4 Å². The van der Waals surface area contributed by atoms with E-state index in [-0.39, 0.29) is 129 Å². The quantitative estimate of drug-likeness (QED) is 0.0242. The van der Waals surface area contributed by atoms with Gasteiger partial charge in [-0.25, -0.2) is 4.98 Å². The third kappa shape index (κ3) is 18.2. The largest absolute Gasteiger partial charge is 3.00 e. The van der Waals surface area contributed by atoms with Crippen LogP contribution in [0.1, 0.15) is 157 Å². The van der Waals surface area contributed by atoms with E-state index in [1.807, 2.05) is 80.5 Å². The fourth-order valence-electron chi connectivity index (χ4n) is 15.7. The molecule has 6 aliphatic heterocycles. The van der Waals surface area contributed by atoms with Gasteiger partial charge in [-0.3, -0.25) is 57.9 Å². The number of aliphatic imine (C=N–C) groups is 3. The number of phosphoric ester groups is 1. The van der Waals surface area contributed by atoms with Crippen molar-refractivity contribution < 1.29 is 128 Å². The summed E-state index contributed by atoms with van der Waals surface area (Å²) in [6, 6.07) is 1.62. The molecule has 8 amide bonds. The molecule has 16 atom stereocenters. The number of carboxylic acids is 1. The Hall–Kier alpha value is -6.20. The number of hydrogen-bond acceptors (Lipinski definition) is 22. The maximum atomic E-state index is 14.4. The van der Waals surface area contributed by atoms with E-state index in [9.17, 15) is 67.9 Å². The predicted octanol–water partition coefficient (Wildman–Crippen LogP) is -1.90. The normalized spacial score (nSPS) is 31.4. The van der Waals surface area contributed by atoms with Crippen LogP contribution >= 0.6 is 7.82 Å². The standard InChI is InChI=1S/C62H90N13O14P.C5H9NO3S.Co.Na/c1-29-20-39-40(21-30(29)2)75(28-70-39)57-52(84)53(41(27-76)87-57)89-90(85,86)88-31(3)26-69-49(83)18-19-59(8)37(22-46(66)80)56-62(11)61(10,25-48(68)82)36(14-17-45(65)79)51(74-62)33(5)55-60(9,24-47(67)81)34(12-15-43(63)77)38(71-55)23-42-58(6,7)35(13-16-44(64)78)50(72-42)32(4)54(59)73-56;1-3(7)6-4(2-10)5(8)9;;/h20-21,23,28,31,34-37,41,52-53,56-57,76,84H,12-19,22,24-27H2,1-11H3,(H15,63,64,65,66,67,68,69,71,72,73,74,77,78,79,80,81,82,83,85,86);4,10H,2H2,1H3,(H,6,7)(H,8,9);;/q;;+3;+1/p-4/t31-,34-,35-,36-,37+,41-,52-,53-,56-,57+,59-,60+,61+,62+;4-;;/m10../s1. The van der Waals surface area contributed by atoms with Gasteiger partial charge in [-0.15, -0.1) is 0 Å². The second kappa shape index (κ2) is 33.9. The number of imidazole rings is 1. The number of rotatable bonds is 29. The smallest absolute Gasteiger partial charge is 0.790 e. The summed E-state index contributed by atoms with van der Waals surface area (Å²) in [5.74, 6) is -9.23. The number of aliphatic hydroxyl groups is 2. The van der Waals surface area contributed by atoms with E-state index >= 15 is 0 Å². The molecule has 16 N–H and O–H groups in total. The van der Waals surface area contributed by atoms with Crippen molar-refractivity contribution in [1.82, 2.24) is 20.2 Å². The molecule has 8 rings (SSSR count). The zero-order chi connectivity index (χ0) is 74.9. The molecular weight excluding hydrogens is 1420 g/mol. The first-order valence-corrected chi connectivity index (χ1v) is 35.2. The zero-order valence-electron chi connectivity index (χ0n) is 59.9. The molecule has 7 heterocycles. The number of hydrogen-bond donors (Lipinski definition) is 10. The summed E-state index contributed by atoms with van der Waals surface area (Å²) in [4.78, 5) is 148. The van der Waals surface area contributed by atoms with Gasteiger partial charge in [0.15, 0.2) is 6.23 Å². The van der Waals surface area contributed by atoms with Crippen LogP contribution < -0.4 is 84.6 Å². The number of ether oxygens (including phenoxy) is 1. The number of carbonyl (C=O) groups is 9. The van der Waals surface area contributed by atoms with Gasteiger partial charge >= 0.3 is 46.3 Å². The van der Waals surface area contributed by atoms with Crippen molar-refractivity contribution in [1.29, 1.82) is 0 Å². The average molecular weight is 1510 g/mol. The second-order valence-corrected chi connectivity index (χ2v) is 30.4. The Balaban J connectivity index is 0.00000145. The van der Waals surface area contributed by atoms with Crippen molar-refractivity contribution in [3.8, 4) is 0 Å². The first-order chi connectivity index (χ1) is 46.4. The molecule has 6 aliphatic rings. The number of nitrogens with zero attached hydrogens (tertiary/aromatic N) is 6. The molecule has 31 nitrogen and oxygen atoms in total. The number of carbonyl (C=O) groups excluding carboxylic acids is 9. The van der Waals surface area contributed by atoms with Gasteiger partial charge in [0.2, 0.25) is 47.3 Å². The molecule has 0 spiro atoms. The Kier molecular flexibility index (Phi) is 28.7. The number of phosphoric acid groups is 1. The van der Waals surface area contributed by atoms with E-state index in [1.54, 1.807) is 6.92 Å². The third-order valence-corrected chi connectivity index (χ3v) is 22.8. The molecule has 2 fully saturated rings. The zero-order valence-corrected chi connectivity index (χ0v) is 64.7. The number of benzene rings is 1. The molecule has 0 aliphatic carbocycles. The molecule has 102 heavy (non-hydrogen) atoms. The average Bonchev–Trinajstić information content (AvgIpc) is 1.53. The van der Waals surface area contributed by atoms with Gasteiger partial charge in [0.1, 0.15) is 18.3 Å². The van der Waals surface area contributed by atoms with E-state index in [4.69, 9.17) is 68.5 Å². The Morgan fingerprint density at radius 3 is 1.91 bits per heavy atom. The molecule has 2 aromatic rings.